The van der Waals surface area contributed by atoms with Gasteiger partial charge in [-0.25, -0.2) is 0 Å². The van der Waals surface area contributed by atoms with Gasteiger partial charge in [-0.1, -0.05) is 19.8 Å². The van der Waals surface area contributed by atoms with Gasteiger partial charge in [-0.2, -0.15) is 0 Å². The van der Waals surface area contributed by atoms with Gasteiger partial charge in [-0.15, -0.1) is 0 Å². The summed E-state index contributed by atoms with van der Waals surface area (Å²) in [6.45, 7) is 11.9. The summed E-state index contributed by atoms with van der Waals surface area (Å²) in [7, 11) is 0. The Morgan fingerprint density at radius 3 is 2.70 bits per heavy atom. The Bertz CT molecular complexity index is 357. The summed E-state index contributed by atoms with van der Waals surface area (Å²) in [5.41, 5.74) is 0.286. The van der Waals surface area contributed by atoms with Crippen LogP contribution in [0.15, 0.2) is 0 Å². The highest BCUT2D eigenvalue weighted by atomic mass is 16.5. The van der Waals surface area contributed by atoms with Gasteiger partial charge in [0.05, 0.1) is 18.3 Å². The Balaban J connectivity index is 1.43. The highest BCUT2D eigenvalue weighted by Crippen LogP contribution is 2.43. The summed E-state index contributed by atoms with van der Waals surface area (Å²) in [5.74, 6) is 0. The second-order valence-corrected chi connectivity index (χ2v) is 7.72. The maximum atomic E-state index is 6.51. The van der Waals surface area contributed by atoms with Gasteiger partial charge in [-0.05, 0) is 39.0 Å². The van der Waals surface area contributed by atoms with Crippen molar-refractivity contribution in [1.29, 1.82) is 0 Å². The van der Waals surface area contributed by atoms with E-state index >= 15 is 0 Å². The van der Waals surface area contributed by atoms with Crippen molar-refractivity contribution in [2.45, 2.75) is 76.5 Å². The summed E-state index contributed by atoms with van der Waals surface area (Å²) < 4.78 is 12.1. The molecule has 4 heteroatoms. The molecule has 3 aliphatic rings. The lowest BCUT2D eigenvalue weighted by Gasteiger charge is -2.42. The van der Waals surface area contributed by atoms with Gasteiger partial charge in [0.1, 0.15) is 0 Å². The molecule has 1 saturated carbocycles. The summed E-state index contributed by atoms with van der Waals surface area (Å²) in [4.78, 5) is 5.28. The summed E-state index contributed by atoms with van der Waals surface area (Å²) in [5, 5.41) is 0. The van der Waals surface area contributed by atoms with E-state index in [9.17, 15) is 0 Å². The van der Waals surface area contributed by atoms with Crippen LogP contribution in [0.2, 0.25) is 0 Å². The summed E-state index contributed by atoms with van der Waals surface area (Å²) in [6, 6.07) is 0.686. The highest BCUT2D eigenvalue weighted by Gasteiger charge is 2.42. The Kier molecular flexibility index (Phi) is 6.36. The molecule has 3 rings (SSSR count). The zero-order valence-corrected chi connectivity index (χ0v) is 15.3. The normalized spacial score (nSPS) is 32.1. The van der Waals surface area contributed by atoms with Crippen molar-refractivity contribution in [3.05, 3.63) is 0 Å². The molecule has 134 valence electrons. The van der Waals surface area contributed by atoms with E-state index in [1.165, 1.54) is 64.6 Å². The topological polar surface area (TPSA) is 24.9 Å². The Morgan fingerprint density at radius 1 is 1.13 bits per heavy atom. The minimum atomic E-state index is 0.286. The van der Waals surface area contributed by atoms with Crippen LogP contribution in [-0.2, 0) is 9.47 Å². The van der Waals surface area contributed by atoms with Crippen molar-refractivity contribution < 1.29 is 9.47 Å². The third kappa shape index (κ3) is 4.47. The van der Waals surface area contributed by atoms with Gasteiger partial charge in [0, 0.05) is 45.4 Å². The zero-order valence-electron chi connectivity index (χ0n) is 15.3. The van der Waals surface area contributed by atoms with Crippen molar-refractivity contribution in [3.8, 4) is 0 Å². The molecule has 1 spiro atoms. The van der Waals surface area contributed by atoms with E-state index in [2.05, 4.69) is 23.6 Å². The lowest BCUT2D eigenvalue weighted by atomic mass is 9.98. The molecule has 2 aliphatic heterocycles. The monoisotopic (exact) mass is 324 g/mol. The Morgan fingerprint density at radius 2 is 1.96 bits per heavy atom. The van der Waals surface area contributed by atoms with E-state index < -0.39 is 0 Å². The predicted octanol–water partition coefficient (Wildman–Crippen LogP) is 2.91. The average Bonchev–Trinajstić information content (AvgIpc) is 3.19. The summed E-state index contributed by atoms with van der Waals surface area (Å²) >= 11 is 0. The average molecular weight is 325 g/mol. The summed E-state index contributed by atoms with van der Waals surface area (Å²) in [6.07, 6.45) is 9.69. The molecule has 4 nitrogen and oxygen atoms in total. The second kappa shape index (κ2) is 8.28. The van der Waals surface area contributed by atoms with Gasteiger partial charge in [0.25, 0.3) is 0 Å². The van der Waals surface area contributed by atoms with E-state index in [1.807, 2.05) is 0 Å². The second-order valence-electron chi connectivity index (χ2n) is 7.72. The molecule has 0 aromatic rings. The molecule has 0 aromatic carbocycles. The third-order valence-electron chi connectivity index (χ3n) is 6.20. The number of piperazine rings is 1. The van der Waals surface area contributed by atoms with Gasteiger partial charge in [0.15, 0.2) is 0 Å². The van der Waals surface area contributed by atoms with Gasteiger partial charge < -0.3 is 9.47 Å². The van der Waals surface area contributed by atoms with Crippen molar-refractivity contribution in [3.63, 3.8) is 0 Å². The molecule has 23 heavy (non-hydrogen) atoms. The molecular formula is C19H36N2O2. The number of ether oxygens (including phenoxy) is 2. The Labute approximate surface area is 142 Å². The van der Waals surface area contributed by atoms with Crippen LogP contribution in [-0.4, -0.2) is 73.5 Å². The van der Waals surface area contributed by atoms with Crippen LogP contribution in [0.5, 0.6) is 0 Å². The number of rotatable bonds is 7. The van der Waals surface area contributed by atoms with Crippen LogP contribution in [0.3, 0.4) is 0 Å². The SMILES string of the molecule is CCOCCN1CCN(CC2CCC3(CCCC3)O2)CC1CC. The standard InChI is InChI=1S/C19H36N2O2/c1-3-17-15-20(11-12-21(17)13-14-22-4-2)16-18-7-10-19(23-18)8-5-6-9-19/h17-18H,3-16H2,1-2H3. The van der Waals surface area contributed by atoms with Crippen LogP contribution < -0.4 is 0 Å². The minimum absolute atomic E-state index is 0.286. The molecule has 3 fully saturated rings. The molecule has 2 saturated heterocycles. The van der Waals surface area contributed by atoms with Gasteiger partial charge >= 0.3 is 0 Å². The fourth-order valence-electron chi connectivity index (χ4n) is 4.83. The molecule has 0 amide bonds. The minimum Gasteiger partial charge on any atom is -0.380 e. The lowest BCUT2D eigenvalue weighted by molar-refractivity contribution is -0.0557. The first-order valence-corrected chi connectivity index (χ1v) is 9.96. The van der Waals surface area contributed by atoms with Crippen molar-refractivity contribution in [2.75, 3.05) is 45.9 Å². The fourth-order valence-corrected chi connectivity index (χ4v) is 4.83. The molecule has 2 atom stereocenters. The van der Waals surface area contributed by atoms with E-state index in [0.717, 1.165) is 26.3 Å². The first kappa shape index (κ1) is 17.7. The van der Waals surface area contributed by atoms with Crippen LogP contribution >= 0.6 is 0 Å². The molecule has 1 aliphatic carbocycles. The molecular weight excluding hydrogens is 288 g/mol. The van der Waals surface area contributed by atoms with Gasteiger partial charge in [-0.3, -0.25) is 9.80 Å². The van der Waals surface area contributed by atoms with Gasteiger partial charge in [0.2, 0.25) is 0 Å². The highest BCUT2D eigenvalue weighted by molar-refractivity contribution is 4.94. The van der Waals surface area contributed by atoms with E-state index in [-0.39, 0.29) is 5.60 Å². The number of nitrogens with zero attached hydrogens (tertiary/aromatic N) is 2. The van der Waals surface area contributed by atoms with E-state index in [4.69, 9.17) is 9.47 Å². The maximum Gasteiger partial charge on any atom is 0.0710 e. The van der Waals surface area contributed by atoms with Crippen LogP contribution in [0.25, 0.3) is 0 Å². The zero-order chi connectivity index (χ0) is 16.1. The predicted molar refractivity (Wildman–Crippen MR) is 93.9 cm³/mol. The fraction of sp³-hybridized carbons (Fsp3) is 1.00. The first-order valence-electron chi connectivity index (χ1n) is 9.96. The maximum absolute atomic E-state index is 6.51. The first-order chi connectivity index (χ1) is 11.2. The van der Waals surface area contributed by atoms with Crippen LogP contribution in [0.4, 0.5) is 0 Å². The molecule has 0 bridgehead atoms. The molecule has 0 N–H and O–H groups in total. The largest absolute Gasteiger partial charge is 0.380 e. The number of hydrogen-bond acceptors (Lipinski definition) is 4. The third-order valence-corrected chi connectivity index (χ3v) is 6.20. The smallest absolute Gasteiger partial charge is 0.0710 e. The van der Waals surface area contributed by atoms with Crippen LogP contribution in [0, 0.1) is 0 Å². The van der Waals surface area contributed by atoms with E-state index in [1.54, 1.807) is 0 Å². The molecule has 2 heterocycles. The van der Waals surface area contributed by atoms with Crippen molar-refractivity contribution in [1.82, 2.24) is 9.80 Å². The Hall–Kier alpha value is -0.160. The van der Waals surface area contributed by atoms with Crippen LogP contribution in [0.1, 0.15) is 58.8 Å². The molecule has 2 unspecified atom stereocenters. The van der Waals surface area contributed by atoms with Crippen molar-refractivity contribution >= 4 is 0 Å². The van der Waals surface area contributed by atoms with E-state index in [0.29, 0.717) is 12.1 Å². The molecule has 0 radical (unpaired) electrons. The van der Waals surface area contributed by atoms with Crippen molar-refractivity contribution in [2.24, 2.45) is 0 Å². The molecule has 0 aromatic heterocycles. The quantitative estimate of drug-likeness (QED) is 0.672. The number of hydrogen-bond donors (Lipinski definition) is 0. The lowest BCUT2D eigenvalue weighted by Crippen LogP contribution is -2.55.